The summed E-state index contributed by atoms with van der Waals surface area (Å²) in [5, 5.41) is 14.5. The number of halogens is 1. The zero-order valence-electron chi connectivity index (χ0n) is 12.3. The van der Waals surface area contributed by atoms with Gasteiger partial charge in [0, 0.05) is 24.3 Å². The molecule has 1 aromatic heterocycles. The average molecular weight is 336 g/mol. The number of anilines is 2. The van der Waals surface area contributed by atoms with Crippen LogP contribution in [-0.2, 0) is 11.8 Å². The lowest BCUT2D eigenvalue weighted by atomic mass is 10.2. The van der Waals surface area contributed by atoms with Crippen molar-refractivity contribution >= 4 is 34.8 Å². The number of rotatable bonds is 4. The summed E-state index contributed by atoms with van der Waals surface area (Å²) in [5.74, 6) is -0.195. The van der Waals surface area contributed by atoms with Gasteiger partial charge < -0.3 is 20.3 Å². The minimum atomic E-state index is -0.571. The zero-order chi connectivity index (χ0) is 16.6. The Labute approximate surface area is 136 Å². The molecule has 2 heterocycles. The molecule has 2 aromatic rings. The van der Waals surface area contributed by atoms with Gasteiger partial charge in [-0.05, 0) is 40.6 Å². The normalized spacial score (nSPS) is 17.6. The molecule has 0 radical (unpaired) electrons. The van der Waals surface area contributed by atoms with E-state index in [-0.39, 0.29) is 17.5 Å². The highest BCUT2D eigenvalue weighted by molar-refractivity contribution is 6.30. The summed E-state index contributed by atoms with van der Waals surface area (Å²) in [6.07, 6.45) is 1.89. The average Bonchev–Trinajstić information content (AvgIpc) is 3.05. The molecule has 3 rings (SSSR count). The van der Waals surface area contributed by atoms with Crippen LogP contribution >= 0.6 is 11.6 Å². The Morgan fingerprint density at radius 3 is 2.74 bits per heavy atom. The van der Waals surface area contributed by atoms with E-state index in [1.165, 1.54) is 10.9 Å². The minimum absolute atomic E-state index is 0.136. The first-order valence-electron chi connectivity index (χ1n) is 6.96. The number of aromatic nitrogens is 2. The van der Waals surface area contributed by atoms with Gasteiger partial charge in [-0.1, -0.05) is 11.6 Å². The summed E-state index contributed by atoms with van der Waals surface area (Å²) in [4.78, 5) is 28.3. The van der Waals surface area contributed by atoms with Crippen molar-refractivity contribution in [1.82, 2.24) is 9.55 Å². The first kappa shape index (κ1) is 15.3. The van der Waals surface area contributed by atoms with Crippen molar-refractivity contribution in [3.05, 3.63) is 45.7 Å². The molecule has 23 heavy (non-hydrogen) atoms. The van der Waals surface area contributed by atoms with Crippen LogP contribution in [-0.4, -0.2) is 33.0 Å². The molecule has 1 saturated heterocycles. The van der Waals surface area contributed by atoms with Crippen molar-refractivity contribution in [2.24, 2.45) is 7.05 Å². The highest BCUT2D eigenvalue weighted by Crippen LogP contribution is 2.27. The zero-order valence-corrected chi connectivity index (χ0v) is 13.0. The third kappa shape index (κ3) is 2.85. The van der Waals surface area contributed by atoms with E-state index >= 15 is 0 Å². The van der Waals surface area contributed by atoms with Crippen LogP contribution in [0.2, 0.25) is 5.02 Å². The van der Waals surface area contributed by atoms with Crippen LogP contribution < -0.4 is 10.2 Å². The first-order valence-corrected chi connectivity index (χ1v) is 7.34. The van der Waals surface area contributed by atoms with E-state index in [2.05, 4.69) is 10.3 Å². The van der Waals surface area contributed by atoms with Crippen LogP contribution in [0.3, 0.4) is 0 Å². The first-order chi connectivity index (χ1) is 11.0. The van der Waals surface area contributed by atoms with E-state index in [4.69, 9.17) is 11.6 Å². The molecule has 0 bridgehead atoms. The van der Waals surface area contributed by atoms with Crippen molar-refractivity contribution in [3.8, 4) is 0 Å². The molecule has 1 aromatic carbocycles. The third-order valence-corrected chi connectivity index (χ3v) is 4.00. The van der Waals surface area contributed by atoms with E-state index in [1.807, 2.05) is 0 Å². The second-order valence-corrected chi connectivity index (χ2v) is 5.67. The summed E-state index contributed by atoms with van der Waals surface area (Å²) in [7, 11) is 1.64. The Morgan fingerprint density at radius 1 is 1.39 bits per heavy atom. The van der Waals surface area contributed by atoms with Gasteiger partial charge in [0.1, 0.15) is 6.04 Å². The second kappa shape index (κ2) is 5.88. The minimum Gasteiger partial charge on any atom is -0.358 e. The fourth-order valence-electron chi connectivity index (χ4n) is 2.57. The van der Waals surface area contributed by atoms with Crippen LogP contribution in [0.5, 0.6) is 0 Å². The molecular formula is C14H14ClN5O3. The molecule has 9 heteroatoms. The molecule has 1 aliphatic heterocycles. The largest absolute Gasteiger partial charge is 0.406 e. The summed E-state index contributed by atoms with van der Waals surface area (Å²) in [6.45, 7) is 0.532. The van der Waals surface area contributed by atoms with Gasteiger partial charge in [-0.25, -0.2) is 0 Å². The topological polar surface area (TPSA) is 93.3 Å². The van der Waals surface area contributed by atoms with Crippen LogP contribution in [0.1, 0.15) is 6.42 Å². The fourth-order valence-corrected chi connectivity index (χ4v) is 2.70. The number of hydrogen-bond donors (Lipinski definition) is 1. The molecule has 1 atom stereocenters. The summed E-state index contributed by atoms with van der Waals surface area (Å²) >= 11 is 5.85. The lowest BCUT2D eigenvalue weighted by Crippen LogP contribution is -2.34. The Kier molecular flexibility index (Phi) is 3.91. The molecule has 1 N–H and O–H groups in total. The highest BCUT2D eigenvalue weighted by atomic mass is 35.5. The van der Waals surface area contributed by atoms with Gasteiger partial charge in [0.25, 0.3) is 0 Å². The maximum atomic E-state index is 12.5. The predicted octanol–water partition coefficient (Wildman–Crippen LogP) is 2.20. The monoisotopic (exact) mass is 335 g/mol. The number of aryl methyl sites for hydroxylation is 1. The van der Waals surface area contributed by atoms with Crippen molar-refractivity contribution in [1.29, 1.82) is 0 Å². The predicted molar refractivity (Wildman–Crippen MR) is 85.7 cm³/mol. The quantitative estimate of drug-likeness (QED) is 0.683. The number of hydrogen-bond acceptors (Lipinski definition) is 5. The van der Waals surface area contributed by atoms with E-state index < -0.39 is 11.0 Å². The maximum Gasteiger partial charge on any atom is 0.406 e. The number of carbonyl (C=O) groups excluding carboxylic acids is 1. The number of imidazole rings is 1. The van der Waals surface area contributed by atoms with Crippen molar-refractivity contribution < 1.29 is 9.72 Å². The number of nitro groups is 1. The van der Waals surface area contributed by atoms with Crippen molar-refractivity contribution in [3.63, 3.8) is 0 Å². The van der Waals surface area contributed by atoms with Crippen LogP contribution in [0.15, 0.2) is 30.6 Å². The van der Waals surface area contributed by atoms with Crippen molar-refractivity contribution in [2.75, 3.05) is 16.8 Å². The molecule has 0 aliphatic carbocycles. The Morgan fingerprint density at radius 2 is 2.09 bits per heavy atom. The van der Waals surface area contributed by atoms with Crippen LogP contribution in [0, 0.1) is 10.1 Å². The Balaban J connectivity index is 1.79. The van der Waals surface area contributed by atoms with Crippen LogP contribution in [0.25, 0.3) is 0 Å². The molecular weight excluding hydrogens is 322 g/mol. The van der Waals surface area contributed by atoms with Gasteiger partial charge in [-0.2, -0.15) is 0 Å². The number of carbonyl (C=O) groups is 1. The number of nitrogens with zero attached hydrogens (tertiary/aromatic N) is 4. The smallest absolute Gasteiger partial charge is 0.358 e. The van der Waals surface area contributed by atoms with Crippen LogP contribution in [0.4, 0.5) is 17.3 Å². The molecule has 8 nitrogen and oxygen atoms in total. The van der Waals surface area contributed by atoms with E-state index in [1.54, 1.807) is 36.2 Å². The third-order valence-electron chi connectivity index (χ3n) is 3.75. The maximum absolute atomic E-state index is 12.5. The number of benzene rings is 1. The summed E-state index contributed by atoms with van der Waals surface area (Å²) in [5.41, 5.74) is 0.753. The van der Waals surface area contributed by atoms with E-state index in [0.29, 0.717) is 18.0 Å². The van der Waals surface area contributed by atoms with Gasteiger partial charge in [0.05, 0.1) is 0 Å². The van der Waals surface area contributed by atoms with E-state index in [0.717, 1.165) is 5.69 Å². The summed E-state index contributed by atoms with van der Waals surface area (Å²) in [6, 6.07) is 6.46. The highest BCUT2D eigenvalue weighted by Gasteiger charge is 2.35. The molecule has 1 aliphatic rings. The molecule has 120 valence electrons. The summed E-state index contributed by atoms with van der Waals surface area (Å²) < 4.78 is 1.50. The van der Waals surface area contributed by atoms with Gasteiger partial charge in [0.15, 0.2) is 0 Å². The Hall–Kier alpha value is -2.61. The SMILES string of the molecule is Cn1cnc([N+](=O)[O-])c1N[C@@H]1CCN(c2ccc(Cl)cc2)C1=O. The Bertz CT molecular complexity index is 758. The van der Waals surface area contributed by atoms with Gasteiger partial charge in [-0.15, -0.1) is 0 Å². The molecule has 0 spiro atoms. The van der Waals surface area contributed by atoms with Gasteiger partial charge in [0.2, 0.25) is 18.1 Å². The molecule has 1 fully saturated rings. The second-order valence-electron chi connectivity index (χ2n) is 5.24. The molecule has 0 saturated carbocycles. The lowest BCUT2D eigenvalue weighted by molar-refractivity contribution is -0.388. The standard InChI is InChI=1S/C14H14ClN5O3/c1-18-8-16-12(20(22)23)13(18)17-11-6-7-19(14(11)21)10-4-2-9(15)3-5-10/h2-5,8,11,17H,6-7H2,1H3/t11-/m1/s1. The lowest BCUT2D eigenvalue weighted by Gasteiger charge is -2.17. The van der Waals surface area contributed by atoms with Gasteiger partial charge in [-0.3, -0.25) is 9.36 Å². The van der Waals surface area contributed by atoms with E-state index in [9.17, 15) is 14.9 Å². The molecule has 0 unspecified atom stereocenters. The number of amides is 1. The van der Waals surface area contributed by atoms with Crippen molar-refractivity contribution in [2.45, 2.75) is 12.5 Å². The van der Waals surface area contributed by atoms with Gasteiger partial charge >= 0.3 is 5.82 Å². The fraction of sp³-hybridized carbons (Fsp3) is 0.286. The molecule has 1 amide bonds. The number of nitrogens with one attached hydrogen (secondary N) is 1.